The van der Waals surface area contributed by atoms with Crippen molar-refractivity contribution in [1.82, 2.24) is 10.2 Å². The van der Waals surface area contributed by atoms with E-state index in [4.69, 9.17) is 14.2 Å². The first-order valence-corrected chi connectivity index (χ1v) is 17.5. The third kappa shape index (κ3) is 6.35. The molecule has 4 aromatic carbocycles. The minimum atomic E-state index is -0.976. The zero-order valence-corrected chi connectivity index (χ0v) is 28.1. The molecule has 0 bridgehead atoms. The molecule has 2 aliphatic heterocycles. The van der Waals surface area contributed by atoms with Gasteiger partial charge in [0.1, 0.15) is 24.7 Å². The Labute approximate surface area is 286 Å². The number of carbonyl (C=O) groups is 2. The van der Waals surface area contributed by atoms with Crippen molar-refractivity contribution in [2.24, 2.45) is 5.92 Å². The topological polar surface area (TPSA) is 111 Å². The number of rotatable bonds is 10. The number of hydrogen-bond acceptors (Lipinski definition) is 10. The van der Waals surface area contributed by atoms with Gasteiger partial charge in [-0.15, -0.1) is 10.2 Å². The highest BCUT2D eigenvalue weighted by molar-refractivity contribution is 8.00. The van der Waals surface area contributed by atoms with Crippen molar-refractivity contribution in [1.29, 1.82) is 0 Å². The summed E-state index contributed by atoms with van der Waals surface area (Å²) in [6.45, 7) is 5.56. The number of Topliss-reactive ketones (excluding diaryl/α,β-unsaturated/α-hetero) is 1. The summed E-state index contributed by atoms with van der Waals surface area (Å²) in [5.74, 6) is 0.776. The molecule has 0 saturated carbocycles. The standard InChI is InChI=1S/C37H33N3O6S2/c1-22(2)15-16-44-27-11-6-9-24(19-27)32-31(33(41)25-13-14-29-30(20-25)46-18-17-45-29)34(42)35(43)40(32)36-38-39-37(48-36)47-21-26-10-5-8-23-7-3-4-12-28(23)26/h3-14,19-20,22,32,41H,15-18,21H2,1-2H3/b33-31-. The maximum Gasteiger partial charge on any atom is 0.301 e. The largest absolute Gasteiger partial charge is 0.507 e. The molecule has 0 aliphatic carbocycles. The Morgan fingerprint density at radius 3 is 2.62 bits per heavy atom. The number of ketones is 1. The normalized spacial score (nSPS) is 17.0. The van der Waals surface area contributed by atoms with Crippen molar-refractivity contribution < 1.29 is 28.9 Å². The molecule has 1 amide bonds. The van der Waals surface area contributed by atoms with Gasteiger partial charge in [-0.1, -0.05) is 91.5 Å². The number of hydrogen-bond donors (Lipinski definition) is 1. The lowest BCUT2D eigenvalue weighted by Crippen LogP contribution is -2.29. The quantitative estimate of drug-likeness (QED) is 0.0520. The fourth-order valence-corrected chi connectivity index (χ4v) is 7.67. The Morgan fingerprint density at radius 1 is 0.979 bits per heavy atom. The second-order valence-corrected chi connectivity index (χ2v) is 14.1. The van der Waals surface area contributed by atoms with Gasteiger partial charge in [-0.2, -0.15) is 0 Å². The van der Waals surface area contributed by atoms with Crippen LogP contribution in [0.2, 0.25) is 0 Å². The summed E-state index contributed by atoms with van der Waals surface area (Å²) in [4.78, 5) is 29.0. The van der Waals surface area contributed by atoms with E-state index < -0.39 is 17.7 Å². The summed E-state index contributed by atoms with van der Waals surface area (Å²) in [5.41, 5.74) is 2.02. The maximum absolute atomic E-state index is 13.8. The predicted molar refractivity (Wildman–Crippen MR) is 187 cm³/mol. The fourth-order valence-electron chi connectivity index (χ4n) is 5.79. The number of nitrogens with zero attached hydrogens (tertiary/aromatic N) is 3. The van der Waals surface area contributed by atoms with Crippen LogP contribution >= 0.6 is 23.1 Å². The number of fused-ring (bicyclic) bond motifs is 2. The van der Waals surface area contributed by atoms with Crippen LogP contribution in [0.25, 0.3) is 16.5 Å². The van der Waals surface area contributed by atoms with Crippen LogP contribution in [0.1, 0.15) is 43.0 Å². The van der Waals surface area contributed by atoms with Gasteiger partial charge in [0.2, 0.25) is 5.13 Å². The first-order chi connectivity index (χ1) is 23.4. The van der Waals surface area contributed by atoms with Gasteiger partial charge in [0.15, 0.2) is 15.8 Å². The van der Waals surface area contributed by atoms with Crippen LogP contribution in [-0.4, -0.2) is 46.8 Å². The van der Waals surface area contributed by atoms with Crippen LogP contribution in [0.5, 0.6) is 17.2 Å². The van der Waals surface area contributed by atoms with Crippen LogP contribution in [-0.2, 0) is 15.3 Å². The van der Waals surface area contributed by atoms with Gasteiger partial charge < -0.3 is 19.3 Å². The maximum atomic E-state index is 13.8. The zero-order valence-electron chi connectivity index (χ0n) is 26.4. The van der Waals surface area contributed by atoms with Gasteiger partial charge in [-0.3, -0.25) is 14.5 Å². The molecule has 1 atom stereocenters. The Bertz CT molecular complexity index is 2040. The smallest absolute Gasteiger partial charge is 0.301 e. The summed E-state index contributed by atoms with van der Waals surface area (Å²) < 4.78 is 18.0. The van der Waals surface area contributed by atoms with Gasteiger partial charge >= 0.3 is 5.91 Å². The van der Waals surface area contributed by atoms with Gasteiger partial charge in [0.25, 0.3) is 5.78 Å². The van der Waals surface area contributed by atoms with E-state index in [-0.39, 0.29) is 16.5 Å². The second-order valence-electron chi connectivity index (χ2n) is 11.9. The molecule has 9 nitrogen and oxygen atoms in total. The third-order valence-electron chi connectivity index (χ3n) is 8.23. The monoisotopic (exact) mass is 679 g/mol. The average Bonchev–Trinajstić information content (AvgIpc) is 3.68. The van der Waals surface area contributed by atoms with Crippen molar-refractivity contribution in [3.05, 3.63) is 107 Å². The minimum absolute atomic E-state index is 0.0591. The average molecular weight is 680 g/mol. The predicted octanol–water partition coefficient (Wildman–Crippen LogP) is 7.81. The lowest BCUT2D eigenvalue weighted by molar-refractivity contribution is -0.132. The fraction of sp³-hybridized carbons (Fsp3) is 0.243. The number of aliphatic hydroxyl groups excluding tert-OH is 1. The molecule has 5 aromatic rings. The van der Waals surface area contributed by atoms with Gasteiger partial charge in [-0.05, 0) is 64.6 Å². The van der Waals surface area contributed by atoms with Crippen LogP contribution in [0.4, 0.5) is 5.13 Å². The Hall–Kier alpha value is -4.87. The van der Waals surface area contributed by atoms with Crippen molar-refractivity contribution >= 4 is 56.5 Å². The van der Waals surface area contributed by atoms with Crippen molar-refractivity contribution in [2.45, 2.75) is 36.4 Å². The number of amides is 1. The molecular weight excluding hydrogens is 647 g/mol. The molecule has 2 aliphatic rings. The van der Waals surface area contributed by atoms with Crippen molar-refractivity contribution in [2.75, 3.05) is 24.7 Å². The lowest BCUT2D eigenvalue weighted by atomic mass is 9.95. The molecule has 1 saturated heterocycles. The molecule has 1 N–H and O–H groups in total. The summed E-state index contributed by atoms with van der Waals surface area (Å²) in [6.07, 6.45) is 0.872. The van der Waals surface area contributed by atoms with Gasteiger partial charge in [0, 0.05) is 11.3 Å². The molecule has 1 fully saturated rings. The van der Waals surface area contributed by atoms with E-state index in [1.165, 1.54) is 28.0 Å². The molecule has 1 unspecified atom stereocenters. The van der Waals surface area contributed by atoms with E-state index in [2.05, 4.69) is 48.3 Å². The Morgan fingerprint density at radius 2 is 1.77 bits per heavy atom. The number of thioether (sulfide) groups is 1. The van der Waals surface area contributed by atoms with Gasteiger partial charge in [0.05, 0.1) is 18.2 Å². The highest BCUT2D eigenvalue weighted by Crippen LogP contribution is 2.45. The SMILES string of the molecule is CC(C)CCOc1cccc(C2/C(=C(/O)c3ccc4c(c3)OCCO4)C(=O)C(=O)N2c2nnc(SCc3cccc4ccccc34)s2)c1. The third-order valence-corrected chi connectivity index (χ3v) is 10.3. The number of carbonyl (C=O) groups excluding carboxylic acids is 2. The molecule has 0 spiro atoms. The molecule has 7 rings (SSSR count). The minimum Gasteiger partial charge on any atom is -0.507 e. The summed E-state index contributed by atoms with van der Waals surface area (Å²) in [6, 6.07) is 25.7. The number of benzene rings is 4. The lowest BCUT2D eigenvalue weighted by Gasteiger charge is -2.23. The van der Waals surface area contributed by atoms with E-state index >= 15 is 0 Å². The molecule has 244 valence electrons. The molecule has 11 heteroatoms. The molecule has 48 heavy (non-hydrogen) atoms. The van der Waals surface area contributed by atoms with Crippen molar-refractivity contribution in [3.8, 4) is 17.2 Å². The molecule has 1 aromatic heterocycles. The van der Waals surface area contributed by atoms with Crippen LogP contribution in [0.3, 0.4) is 0 Å². The summed E-state index contributed by atoms with van der Waals surface area (Å²) in [5, 5.41) is 23.0. The van der Waals surface area contributed by atoms with Crippen LogP contribution < -0.4 is 19.1 Å². The second kappa shape index (κ2) is 13.7. The van der Waals surface area contributed by atoms with Gasteiger partial charge in [-0.25, -0.2) is 0 Å². The van der Waals surface area contributed by atoms with E-state index in [9.17, 15) is 14.7 Å². The Kier molecular flexibility index (Phi) is 9.05. The number of anilines is 1. The summed E-state index contributed by atoms with van der Waals surface area (Å²) >= 11 is 2.74. The van der Waals surface area contributed by atoms with Crippen molar-refractivity contribution in [3.63, 3.8) is 0 Å². The highest BCUT2D eigenvalue weighted by Gasteiger charge is 2.48. The number of ether oxygens (including phenoxy) is 3. The first-order valence-electron chi connectivity index (χ1n) is 15.7. The molecule has 3 heterocycles. The van der Waals surface area contributed by atoms with Crippen LogP contribution in [0, 0.1) is 5.92 Å². The van der Waals surface area contributed by atoms with E-state index in [1.807, 2.05) is 36.4 Å². The zero-order chi connectivity index (χ0) is 33.2. The van der Waals surface area contributed by atoms with E-state index in [0.29, 0.717) is 64.2 Å². The Balaban J connectivity index is 1.25. The summed E-state index contributed by atoms with van der Waals surface area (Å²) in [7, 11) is 0. The number of aromatic nitrogens is 2. The first kappa shape index (κ1) is 31.7. The molecule has 0 radical (unpaired) electrons. The number of aliphatic hydroxyl groups is 1. The molecular formula is C37H33N3O6S2. The van der Waals surface area contributed by atoms with Crippen LogP contribution in [0.15, 0.2) is 94.8 Å². The van der Waals surface area contributed by atoms with E-state index in [1.54, 1.807) is 24.3 Å². The highest BCUT2D eigenvalue weighted by atomic mass is 32.2. The van der Waals surface area contributed by atoms with E-state index in [0.717, 1.165) is 22.8 Å².